The van der Waals surface area contributed by atoms with Crippen molar-refractivity contribution in [3.05, 3.63) is 76.6 Å². The Morgan fingerprint density at radius 1 is 1.05 bits per heavy atom. The molecule has 1 saturated heterocycles. The number of aryl methyl sites for hydroxylation is 2. The predicted molar refractivity (Wildman–Crippen MR) is 144 cm³/mol. The molecular weight excluding hydrogens is 486 g/mol. The lowest BCUT2D eigenvalue weighted by Crippen LogP contribution is -2.37. The summed E-state index contributed by atoms with van der Waals surface area (Å²) >= 11 is 6.11. The van der Waals surface area contributed by atoms with Crippen molar-refractivity contribution in [3.63, 3.8) is 0 Å². The number of pyridine rings is 2. The van der Waals surface area contributed by atoms with Gasteiger partial charge in [-0.2, -0.15) is 5.26 Å². The first-order valence-electron chi connectivity index (χ1n) is 12.0. The second-order valence-corrected chi connectivity index (χ2v) is 9.56. The fraction of sp³-hybridized carbons (Fsp3) is 0.214. The van der Waals surface area contributed by atoms with E-state index in [-0.39, 0.29) is 5.62 Å². The Kier molecular flexibility index (Phi) is 5.67. The molecule has 0 saturated carbocycles. The first kappa shape index (κ1) is 23.2. The largest absolute Gasteiger partial charge is 0.378 e. The quantitative estimate of drug-likeness (QED) is 0.379. The maximum atomic E-state index is 10.0. The van der Waals surface area contributed by atoms with Crippen LogP contribution in [0.2, 0.25) is 5.02 Å². The lowest BCUT2D eigenvalue weighted by atomic mass is 10.0. The number of ether oxygens (including phenoxy) is 1. The van der Waals surface area contributed by atoms with Gasteiger partial charge in [0.05, 0.1) is 52.9 Å². The molecule has 1 fully saturated rings. The number of rotatable bonds is 3. The van der Waals surface area contributed by atoms with Crippen LogP contribution >= 0.6 is 11.6 Å². The van der Waals surface area contributed by atoms with Crippen molar-refractivity contribution in [3.8, 4) is 22.9 Å². The van der Waals surface area contributed by atoms with Crippen LogP contribution in [0, 0.1) is 23.7 Å². The van der Waals surface area contributed by atoms with Gasteiger partial charge in [0.1, 0.15) is 11.9 Å². The monoisotopic (exact) mass is 509 g/mol. The van der Waals surface area contributed by atoms with Crippen LogP contribution in [0.4, 0.5) is 5.82 Å². The summed E-state index contributed by atoms with van der Waals surface area (Å²) in [5.41, 5.74) is 6.74. The summed E-state index contributed by atoms with van der Waals surface area (Å²) in [5, 5.41) is 20.6. The van der Waals surface area contributed by atoms with Gasteiger partial charge in [-0.05, 0) is 48.4 Å². The molecule has 4 heterocycles. The zero-order valence-electron chi connectivity index (χ0n) is 20.5. The lowest BCUT2D eigenvalue weighted by molar-refractivity contribution is 0.122. The second kappa shape index (κ2) is 9.04. The summed E-state index contributed by atoms with van der Waals surface area (Å²) in [5.74, 6) is 0.663. The molecule has 0 amide bonds. The molecule has 6 rings (SSSR count). The molecular formula is C28H24ClN7O. The van der Waals surface area contributed by atoms with Gasteiger partial charge < -0.3 is 14.2 Å². The van der Waals surface area contributed by atoms with E-state index in [1.54, 1.807) is 10.8 Å². The molecule has 5 aromatic rings. The molecule has 0 radical (unpaired) electrons. The van der Waals surface area contributed by atoms with Crippen LogP contribution < -0.4 is 10.5 Å². The molecule has 3 aromatic heterocycles. The standard InChI is InChI=1S/C28H24ClN7O/c1-17-24(14-20(15-30)27(33-17)35-9-11-37-12-10-35)36-26-22-13-19(18-3-6-21(29)7-4-18)5-8-23(22)32-16-25(26)34(2)28(36)31/h3-8,13-14,16,31H,9-12H2,1-2H3. The fourth-order valence-corrected chi connectivity index (χ4v) is 5.11. The first-order chi connectivity index (χ1) is 18.0. The fourth-order valence-electron chi connectivity index (χ4n) is 4.98. The Bertz CT molecular complexity index is 1770. The number of morpholine rings is 1. The molecule has 8 nitrogen and oxygen atoms in total. The number of imidazole rings is 1. The van der Waals surface area contributed by atoms with Gasteiger partial charge in [0, 0.05) is 30.5 Å². The Labute approximate surface area is 218 Å². The van der Waals surface area contributed by atoms with Crippen LogP contribution in [0.5, 0.6) is 0 Å². The zero-order chi connectivity index (χ0) is 25.7. The number of anilines is 1. The molecule has 9 heteroatoms. The van der Waals surface area contributed by atoms with Gasteiger partial charge in [0.25, 0.3) is 0 Å². The van der Waals surface area contributed by atoms with Crippen LogP contribution in [0.25, 0.3) is 38.8 Å². The van der Waals surface area contributed by atoms with Gasteiger partial charge in [0.15, 0.2) is 0 Å². The number of nitrogens with zero attached hydrogens (tertiary/aromatic N) is 6. The third-order valence-corrected chi connectivity index (χ3v) is 7.20. The predicted octanol–water partition coefficient (Wildman–Crippen LogP) is 4.73. The molecule has 0 bridgehead atoms. The molecule has 1 aliphatic heterocycles. The van der Waals surface area contributed by atoms with Crippen LogP contribution in [-0.2, 0) is 11.8 Å². The highest BCUT2D eigenvalue weighted by atomic mass is 35.5. The van der Waals surface area contributed by atoms with Crippen LogP contribution in [-0.4, -0.2) is 45.4 Å². The van der Waals surface area contributed by atoms with E-state index in [0.717, 1.165) is 38.8 Å². The number of fused-ring (bicyclic) bond motifs is 3. The summed E-state index contributed by atoms with van der Waals surface area (Å²) in [4.78, 5) is 11.6. The Morgan fingerprint density at radius 2 is 1.78 bits per heavy atom. The summed E-state index contributed by atoms with van der Waals surface area (Å²) in [6, 6.07) is 18.0. The average Bonchev–Trinajstić information content (AvgIpc) is 3.19. The summed E-state index contributed by atoms with van der Waals surface area (Å²) in [6.45, 7) is 4.52. The molecule has 2 aromatic carbocycles. The number of aromatic nitrogens is 4. The van der Waals surface area contributed by atoms with Gasteiger partial charge in [-0.25, -0.2) is 4.98 Å². The van der Waals surface area contributed by atoms with E-state index in [4.69, 9.17) is 26.7 Å². The number of hydrogen-bond donors (Lipinski definition) is 1. The second-order valence-electron chi connectivity index (χ2n) is 9.12. The number of benzene rings is 2. The summed E-state index contributed by atoms with van der Waals surface area (Å²) < 4.78 is 9.15. The van der Waals surface area contributed by atoms with Crippen molar-refractivity contribution >= 4 is 39.4 Å². The highest BCUT2D eigenvalue weighted by Gasteiger charge is 2.22. The van der Waals surface area contributed by atoms with E-state index in [0.29, 0.717) is 48.4 Å². The maximum Gasteiger partial charge on any atom is 0.207 e. The molecule has 0 unspecified atom stereocenters. The van der Waals surface area contributed by atoms with Gasteiger partial charge in [-0.3, -0.25) is 15.0 Å². The van der Waals surface area contributed by atoms with Crippen molar-refractivity contribution in [2.75, 3.05) is 31.2 Å². The Morgan fingerprint density at radius 3 is 2.51 bits per heavy atom. The first-order valence-corrected chi connectivity index (χ1v) is 12.4. The highest BCUT2D eigenvalue weighted by molar-refractivity contribution is 6.30. The van der Waals surface area contributed by atoms with Crippen molar-refractivity contribution in [1.82, 2.24) is 19.1 Å². The topological polar surface area (TPSA) is 95.8 Å². The highest BCUT2D eigenvalue weighted by Crippen LogP contribution is 2.32. The number of hydrogen-bond acceptors (Lipinski definition) is 6. The van der Waals surface area contributed by atoms with E-state index < -0.39 is 0 Å². The van der Waals surface area contributed by atoms with Crippen molar-refractivity contribution in [2.45, 2.75) is 6.92 Å². The van der Waals surface area contributed by atoms with Crippen molar-refractivity contribution in [2.24, 2.45) is 7.05 Å². The minimum atomic E-state index is 0.272. The zero-order valence-corrected chi connectivity index (χ0v) is 21.3. The normalized spacial score (nSPS) is 13.8. The van der Waals surface area contributed by atoms with Gasteiger partial charge in [-0.1, -0.05) is 29.8 Å². The van der Waals surface area contributed by atoms with E-state index >= 15 is 0 Å². The maximum absolute atomic E-state index is 10.0. The van der Waals surface area contributed by atoms with Gasteiger partial charge in [0.2, 0.25) is 5.62 Å². The van der Waals surface area contributed by atoms with E-state index in [1.807, 2.05) is 61.0 Å². The molecule has 37 heavy (non-hydrogen) atoms. The van der Waals surface area contributed by atoms with E-state index in [9.17, 15) is 5.26 Å². The molecule has 0 atom stereocenters. The van der Waals surface area contributed by atoms with Gasteiger partial charge >= 0.3 is 0 Å². The molecule has 184 valence electrons. The molecule has 1 N–H and O–H groups in total. The smallest absolute Gasteiger partial charge is 0.207 e. The number of halogens is 1. The minimum Gasteiger partial charge on any atom is -0.378 e. The van der Waals surface area contributed by atoms with Crippen LogP contribution in [0.15, 0.2) is 54.7 Å². The summed E-state index contributed by atoms with van der Waals surface area (Å²) in [6.07, 6.45) is 1.80. The Hall–Kier alpha value is -4.19. The third-order valence-electron chi connectivity index (χ3n) is 6.95. The van der Waals surface area contributed by atoms with Crippen LogP contribution in [0.3, 0.4) is 0 Å². The van der Waals surface area contributed by atoms with Crippen LogP contribution in [0.1, 0.15) is 11.3 Å². The third kappa shape index (κ3) is 3.84. The molecule has 0 aliphatic carbocycles. The minimum absolute atomic E-state index is 0.272. The Balaban J connectivity index is 1.61. The SMILES string of the molecule is Cc1nc(N2CCOCC2)c(C#N)cc1-n1c(=N)n(C)c2cnc3ccc(-c4ccc(Cl)cc4)cc3c21. The summed E-state index contributed by atoms with van der Waals surface area (Å²) in [7, 11) is 1.85. The van der Waals surface area contributed by atoms with Gasteiger partial charge in [-0.15, -0.1) is 0 Å². The van der Waals surface area contributed by atoms with Crippen molar-refractivity contribution < 1.29 is 4.74 Å². The average molecular weight is 510 g/mol. The number of nitriles is 1. The number of nitrogens with one attached hydrogen (secondary N) is 1. The lowest BCUT2D eigenvalue weighted by Gasteiger charge is -2.29. The van der Waals surface area contributed by atoms with Crippen molar-refractivity contribution in [1.29, 1.82) is 10.7 Å². The molecule has 1 aliphatic rings. The van der Waals surface area contributed by atoms with E-state index in [2.05, 4.69) is 22.0 Å². The molecule has 0 spiro atoms. The van der Waals surface area contributed by atoms with E-state index in [1.165, 1.54) is 0 Å².